The van der Waals surface area contributed by atoms with Gasteiger partial charge in [0.05, 0.1) is 5.69 Å². The lowest BCUT2D eigenvalue weighted by molar-refractivity contribution is 0.270. The molecule has 1 aromatic heterocycles. The molecule has 0 spiro atoms. The minimum atomic E-state index is -0.287. The third kappa shape index (κ3) is 3.11. The Morgan fingerprint density at radius 2 is 1.76 bits per heavy atom. The van der Waals surface area contributed by atoms with Crippen molar-refractivity contribution in [1.82, 2.24) is 4.98 Å². The molecule has 0 saturated heterocycles. The molecule has 0 atom stereocenters. The predicted molar refractivity (Wildman–Crippen MR) is 77.4 cm³/mol. The first-order valence-corrected chi connectivity index (χ1v) is 6.62. The Labute approximate surface area is 122 Å². The second-order valence-corrected chi connectivity index (χ2v) is 4.64. The van der Waals surface area contributed by atoms with Gasteiger partial charge >= 0.3 is 0 Å². The fourth-order valence-corrected chi connectivity index (χ4v) is 1.95. The second kappa shape index (κ2) is 5.79. The van der Waals surface area contributed by atoms with E-state index in [0.29, 0.717) is 17.4 Å². The van der Waals surface area contributed by atoms with Gasteiger partial charge in [-0.25, -0.2) is 9.37 Å². The van der Waals surface area contributed by atoms with E-state index in [0.717, 1.165) is 11.3 Å². The summed E-state index contributed by atoms with van der Waals surface area (Å²) in [7, 11) is 0. The zero-order valence-electron chi connectivity index (χ0n) is 11.5. The molecule has 0 saturated carbocycles. The van der Waals surface area contributed by atoms with Gasteiger partial charge in [-0.3, -0.25) is 0 Å². The number of aryl methyl sites for hydroxylation is 1. The molecule has 0 amide bonds. The zero-order valence-corrected chi connectivity index (χ0v) is 11.5. The maximum absolute atomic E-state index is 12.8. The summed E-state index contributed by atoms with van der Waals surface area (Å²) in [6.07, 6.45) is 0. The average molecular weight is 283 g/mol. The average Bonchev–Trinajstić information content (AvgIpc) is 2.89. The van der Waals surface area contributed by atoms with Gasteiger partial charge in [-0.05, 0) is 43.3 Å². The van der Waals surface area contributed by atoms with E-state index < -0.39 is 0 Å². The minimum absolute atomic E-state index is 0.261. The van der Waals surface area contributed by atoms with Gasteiger partial charge in [-0.2, -0.15) is 0 Å². The maximum Gasteiger partial charge on any atom is 0.226 e. The number of hydrogen-bond donors (Lipinski definition) is 0. The first-order valence-electron chi connectivity index (χ1n) is 6.62. The molecule has 21 heavy (non-hydrogen) atoms. The van der Waals surface area contributed by atoms with E-state index in [2.05, 4.69) is 4.98 Å². The van der Waals surface area contributed by atoms with Crippen molar-refractivity contribution in [3.05, 3.63) is 71.9 Å². The Kier molecular flexibility index (Phi) is 3.69. The van der Waals surface area contributed by atoms with Crippen LogP contribution < -0.4 is 4.74 Å². The molecule has 1 heterocycles. The highest BCUT2D eigenvalue weighted by Crippen LogP contribution is 2.22. The van der Waals surface area contributed by atoms with E-state index in [1.165, 1.54) is 12.1 Å². The van der Waals surface area contributed by atoms with Gasteiger partial charge in [-0.1, -0.05) is 18.2 Å². The van der Waals surface area contributed by atoms with Gasteiger partial charge < -0.3 is 9.15 Å². The van der Waals surface area contributed by atoms with Crippen LogP contribution in [0.2, 0.25) is 0 Å². The molecule has 3 aromatic rings. The number of nitrogens with zero attached hydrogens (tertiary/aromatic N) is 1. The fraction of sp³-hybridized carbons (Fsp3) is 0.118. The lowest BCUT2D eigenvalue weighted by Crippen LogP contribution is -1.95. The predicted octanol–water partition coefficient (Wildman–Crippen LogP) is 4.37. The van der Waals surface area contributed by atoms with Crippen molar-refractivity contribution in [3.8, 4) is 17.2 Å². The Morgan fingerprint density at radius 3 is 2.48 bits per heavy atom. The van der Waals surface area contributed by atoms with Crippen LogP contribution in [0.3, 0.4) is 0 Å². The Morgan fingerprint density at radius 1 is 1.05 bits per heavy atom. The molecule has 0 radical (unpaired) electrons. The third-order valence-corrected chi connectivity index (χ3v) is 3.10. The van der Waals surface area contributed by atoms with Gasteiger partial charge in [0, 0.05) is 5.56 Å². The van der Waals surface area contributed by atoms with E-state index in [-0.39, 0.29) is 12.4 Å². The highest BCUT2D eigenvalue weighted by atomic mass is 19.1. The fourth-order valence-electron chi connectivity index (χ4n) is 1.95. The van der Waals surface area contributed by atoms with E-state index in [1.807, 2.05) is 37.3 Å². The van der Waals surface area contributed by atoms with Gasteiger partial charge in [-0.15, -0.1) is 0 Å². The molecular weight excluding hydrogens is 269 g/mol. The number of oxazole rings is 1. The summed E-state index contributed by atoms with van der Waals surface area (Å²) in [5.74, 6) is 1.54. The Balaban J connectivity index is 1.74. The number of hydrogen-bond acceptors (Lipinski definition) is 3. The number of aromatic nitrogens is 1. The summed E-state index contributed by atoms with van der Waals surface area (Å²) < 4.78 is 24.1. The van der Waals surface area contributed by atoms with Crippen LogP contribution in [0.5, 0.6) is 5.75 Å². The summed E-state index contributed by atoms with van der Waals surface area (Å²) in [5, 5.41) is 0. The van der Waals surface area contributed by atoms with Crippen LogP contribution in [0.25, 0.3) is 11.5 Å². The molecule has 0 fully saturated rings. The summed E-state index contributed by atoms with van der Waals surface area (Å²) >= 11 is 0. The standard InChI is InChI=1S/C17H14FNO2/c1-12-16(11-20-15-9-7-14(18)8-10-15)21-17(19-12)13-5-3-2-4-6-13/h2-10H,11H2,1H3. The van der Waals surface area contributed by atoms with Crippen LogP contribution in [-0.2, 0) is 6.61 Å². The van der Waals surface area contributed by atoms with Crippen LogP contribution in [0, 0.1) is 12.7 Å². The van der Waals surface area contributed by atoms with Crippen LogP contribution in [0.15, 0.2) is 59.0 Å². The smallest absolute Gasteiger partial charge is 0.226 e. The van der Waals surface area contributed by atoms with E-state index in [9.17, 15) is 4.39 Å². The maximum atomic E-state index is 12.8. The largest absolute Gasteiger partial charge is 0.486 e. The summed E-state index contributed by atoms with van der Waals surface area (Å²) in [6, 6.07) is 15.6. The molecular formula is C17H14FNO2. The van der Waals surface area contributed by atoms with Crippen molar-refractivity contribution in [2.24, 2.45) is 0 Å². The number of benzene rings is 2. The molecule has 2 aromatic carbocycles. The monoisotopic (exact) mass is 283 g/mol. The molecule has 0 unspecified atom stereocenters. The van der Waals surface area contributed by atoms with Gasteiger partial charge in [0.25, 0.3) is 0 Å². The Hall–Kier alpha value is -2.62. The number of rotatable bonds is 4. The van der Waals surface area contributed by atoms with Gasteiger partial charge in [0.15, 0.2) is 5.76 Å². The summed E-state index contributed by atoms with van der Waals surface area (Å²) in [4.78, 5) is 4.40. The Bertz CT molecular complexity index is 720. The molecule has 106 valence electrons. The van der Waals surface area contributed by atoms with Crippen molar-refractivity contribution >= 4 is 0 Å². The van der Waals surface area contributed by atoms with Crippen molar-refractivity contribution < 1.29 is 13.5 Å². The summed E-state index contributed by atoms with van der Waals surface area (Å²) in [6.45, 7) is 2.14. The molecule has 4 heteroatoms. The zero-order chi connectivity index (χ0) is 14.7. The van der Waals surface area contributed by atoms with Crippen molar-refractivity contribution in [1.29, 1.82) is 0 Å². The lowest BCUT2D eigenvalue weighted by atomic mass is 10.2. The van der Waals surface area contributed by atoms with Gasteiger partial charge in [0.2, 0.25) is 5.89 Å². The molecule has 0 aliphatic carbocycles. The molecule has 0 N–H and O–H groups in total. The van der Waals surface area contributed by atoms with Crippen molar-refractivity contribution in [2.45, 2.75) is 13.5 Å². The number of ether oxygens (including phenoxy) is 1. The molecule has 0 aliphatic heterocycles. The topological polar surface area (TPSA) is 35.3 Å². The molecule has 0 bridgehead atoms. The van der Waals surface area contributed by atoms with Crippen molar-refractivity contribution in [2.75, 3.05) is 0 Å². The third-order valence-electron chi connectivity index (χ3n) is 3.10. The van der Waals surface area contributed by atoms with E-state index in [4.69, 9.17) is 9.15 Å². The molecule has 3 rings (SSSR count). The van der Waals surface area contributed by atoms with Crippen LogP contribution in [0.1, 0.15) is 11.5 Å². The van der Waals surface area contributed by atoms with Gasteiger partial charge in [0.1, 0.15) is 18.2 Å². The van der Waals surface area contributed by atoms with E-state index in [1.54, 1.807) is 12.1 Å². The lowest BCUT2D eigenvalue weighted by Gasteiger charge is -2.03. The number of halogens is 1. The van der Waals surface area contributed by atoms with Crippen LogP contribution in [0.4, 0.5) is 4.39 Å². The highest BCUT2D eigenvalue weighted by Gasteiger charge is 2.11. The molecule has 3 nitrogen and oxygen atoms in total. The minimum Gasteiger partial charge on any atom is -0.486 e. The quantitative estimate of drug-likeness (QED) is 0.713. The molecule has 0 aliphatic rings. The second-order valence-electron chi connectivity index (χ2n) is 4.64. The van der Waals surface area contributed by atoms with Crippen LogP contribution >= 0.6 is 0 Å². The van der Waals surface area contributed by atoms with Crippen molar-refractivity contribution in [3.63, 3.8) is 0 Å². The SMILES string of the molecule is Cc1nc(-c2ccccc2)oc1COc1ccc(F)cc1. The normalized spacial score (nSPS) is 10.6. The van der Waals surface area contributed by atoms with Crippen LogP contribution in [-0.4, -0.2) is 4.98 Å². The first-order chi connectivity index (χ1) is 10.2. The first kappa shape index (κ1) is 13.4. The van der Waals surface area contributed by atoms with E-state index >= 15 is 0 Å². The highest BCUT2D eigenvalue weighted by molar-refractivity contribution is 5.53. The summed E-state index contributed by atoms with van der Waals surface area (Å²) in [5.41, 5.74) is 1.71.